The van der Waals surface area contributed by atoms with Crippen LogP contribution in [0.5, 0.6) is 0 Å². The Morgan fingerprint density at radius 1 is 1.07 bits per heavy atom. The van der Waals surface area contributed by atoms with Crippen LogP contribution < -0.4 is 5.32 Å². The van der Waals surface area contributed by atoms with Gasteiger partial charge in [0, 0.05) is 23.4 Å². The number of ether oxygens (including phenoxy) is 1. The highest BCUT2D eigenvalue weighted by molar-refractivity contribution is 7.80. The predicted octanol–water partition coefficient (Wildman–Crippen LogP) is 4.27. The van der Waals surface area contributed by atoms with Crippen LogP contribution in [-0.2, 0) is 4.74 Å². The molecule has 2 aromatic rings. The van der Waals surface area contributed by atoms with E-state index in [1.165, 1.54) is 7.11 Å². The summed E-state index contributed by atoms with van der Waals surface area (Å²) < 4.78 is 4.77. The Balaban J connectivity index is 2.07. The summed E-state index contributed by atoms with van der Waals surface area (Å²) in [6, 6.07) is 15.9. The topological polar surface area (TPSA) is 58.6 Å². The molecule has 1 aliphatic heterocycles. The highest BCUT2D eigenvalue weighted by Crippen LogP contribution is 2.33. The minimum atomic E-state index is -0.398. The second-order valence-corrected chi connectivity index (χ2v) is 7.23. The number of carbonyl (C=O) groups excluding carboxylic acids is 2. The molecule has 0 fully saturated rings. The molecule has 1 atom stereocenters. The molecule has 0 bridgehead atoms. The maximum absolute atomic E-state index is 13.4. The molecule has 1 aliphatic rings. The lowest BCUT2D eigenvalue weighted by Crippen LogP contribution is -2.47. The number of benzene rings is 2. The Morgan fingerprint density at radius 3 is 2.31 bits per heavy atom. The zero-order chi connectivity index (χ0) is 21.0. The summed E-state index contributed by atoms with van der Waals surface area (Å²) in [5.41, 5.74) is 3.45. The fourth-order valence-electron chi connectivity index (χ4n) is 3.49. The van der Waals surface area contributed by atoms with Gasteiger partial charge in [-0.2, -0.15) is 0 Å². The van der Waals surface area contributed by atoms with Crippen LogP contribution in [0, 0.1) is 0 Å². The molecular formula is C23H24N2O3S. The molecule has 0 aromatic heterocycles. The Hall–Kier alpha value is -2.99. The van der Waals surface area contributed by atoms with Gasteiger partial charge in [-0.3, -0.25) is 4.79 Å². The average Bonchev–Trinajstić information content (AvgIpc) is 2.76. The summed E-state index contributed by atoms with van der Waals surface area (Å²) in [6.45, 7) is 4.75. The normalized spacial score (nSPS) is 16.4. The summed E-state index contributed by atoms with van der Waals surface area (Å²) in [5, 5.41) is 3.92. The van der Waals surface area contributed by atoms with Crippen LogP contribution in [0.3, 0.4) is 0 Å². The number of hydrogen-bond acceptors (Lipinski definition) is 4. The van der Waals surface area contributed by atoms with Crippen molar-refractivity contribution in [2.75, 3.05) is 13.7 Å². The SMILES string of the molecule is CCCN1C(=S)NC(c2ccc(C(=O)OC)cc2)C(C(=O)c2ccccc2)=C1C. The van der Waals surface area contributed by atoms with Gasteiger partial charge in [0.05, 0.1) is 18.7 Å². The number of allylic oxidation sites excluding steroid dienone is 1. The van der Waals surface area contributed by atoms with E-state index in [1.807, 2.05) is 54.3 Å². The highest BCUT2D eigenvalue weighted by atomic mass is 32.1. The van der Waals surface area contributed by atoms with Crippen molar-refractivity contribution in [2.24, 2.45) is 0 Å². The number of rotatable bonds is 6. The zero-order valence-corrected chi connectivity index (χ0v) is 17.6. The first-order chi connectivity index (χ1) is 14.0. The number of nitrogens with one attached hydrogen (secondary N) is 1. The van der Waals surface area contributed by atoms with Crippen molar-refractivity contribution in [2.45, 2.75) is 26.3 Å². The van der Waals surface area contributed by atoms with E-state index in [0.717, 1.165) is 24.2 Å². The fourth-order valence-corrected chi connectivity index (χ4v) is 3.84. The van der Waals surface area contributed by atoms with Crippen LogP contribution in [0.4, 0.5) is 0 Å². The maximum atomic E-state index is 13.4. The molecule has 1 heterocycles. The molecule has 0 amide bonds. The first-order valence-electron chi connectivity index (χ1n) is 9.54. The summed E-state index contributed by atoms with van der Waals surface area (Å²) in [7, 11) is 1.35. The van der Waals surface area contributed by atoms with Gasteiger partial charge < -0.3 is 15.0 Å². The number of ketones is 1. The number of Topliss-reactive ketones (excluding diaryl/α,β-unsaturated/α-hetero) is 1. The molecular weight excluding hydrogens is 384 g/mol. The van der Waals surface area contributed by atoms with E-state index in [-0.39, 0.29) is 5.78 Å². The van der Waals surface area contributed by atoms with E-state index in [1.54, 1.807) is 12.1 Å². The standard InChI is InChI=1S/C23H24N2O3S/c1-4-14-25-15(2)19(21(26)17-8-6-5-7-9-17)20(24-23(25)29)16-10-12-18(13-11-16)22(27)28-3/h5-13,20H,4,14H2,1-3H3,(H,24,29). The van der Waals surface area contributed by atoms with Gasteiger partial charge in [0.15, 0.2) is 10.9 Å². The Labute approximate surface area is 176 Å². The lowest BCUT2D eigenvalue weighted by atomic mass is 9.89. The Morgan fingerprint density at radius 2 is 1.72 bits per heavy atom. The Bertz CT molecular complexity index is 952. The molecule has 1 unspecified atom stereocenters. The lowest BCUT2D eigenvalue weighted by molar-refractivity contribution is 0.0600. The van der Waals surface area contributed by atoms with Crippen LogP contribution in [0.15, 0.2) is 65.9 Å². The molecule has 0 radical (unpaired) electrons. The maximum Gasteiger partial charge on any atom is 0.337 e. The van der Waals surface area contributed by atoms with Crippen LogP contribution in [0.2, 0.25) is 0 Å². The largest absolute Gasteiger partial charge is 0.465 e. The lowest BCUT2D eigenvalue weighted by Gasteiger charge is -2.38. The smallest absolute Gasteiger partial charge is 0.337 e. The second-order valence-electron chi connectivity index (χ2n) is 6.84. The van der Waals surface area contributed by atoms with Gasteiger partial charge in [-0.05, 0) is 43.3 Å². The molecule has 2 aromatic carbocycles. The van der Waals surface area contributed by atoms with Crippen LogP contribution >= 0.6 is 12.2 Å². The number of carbonyl (C=O) groups is 2. The third kappa shape index (κ3) is 4.22. The molecule has 150 valence electrons. The van der Waals surface area contributed by atoms with E-state index in [4.69, 9.17) is 17.0 Å². The van der Waals surface area contributed by atoms with Crippen molar-refractivity contribution >= 4 is 29.1 Å². The van der Waals surface area contributed by atoms with Gasteiger partial charge in [0.25, 0.3) is 0 Å². The van der Waals surface area contributed by atoms with E-state index in [2.05, 4.69) is 12.2 Å². The van der Waals surface area contributed by atoms with Crippen molar-refractivity contribution in [3.8, 4) is 0 Å². The van der Waals surface area contributed by atoms with Gasteiger partial charge in [0.1, 0.15) is 0 Å². The molecule has 0 saturated heterocycles. The molecule has 6 heteroatoms. The Kier molecular flexibility index (Phi) is 6.44. The number of methoxy groups -OCH3 is 1. The van der Waals surface area contributed by atoms with Crippen molar-refractivity contribution in [3.05, 3.63) is 82.6 Å². The highest BCUT2D eigenvalue weighted by Gasteiger charge is 2.33. The monoisotopic (exact) mass is 408 g/mol. The first kappa shape index (κ1) is 20.7. The van der Waals surface area contributed by atoms with Gasteiger partial charge in [-0.25, -0.2) is 4.79 Å². The van der Waals surface area contributed by atoms with E-state index in [9.17, 15) is 9.59 Å². The molecule has 0 saturated carbocycles. The van der Waals surface area contributed by atoms with Crippen molar-refractivity contribution in [1.82, 2.24) is 10.2 Å². The van der Waals surface area contributed by atoms with Gasteiger partial charge in [0.2, 0.25) is 0 Å². The molecule has 29 heavy (non-hydrogen) atoms. The third-order valence-corrected chi connectivity index (χ3v) is 5.33. The molecule has 0 aliphatic carbocycles. The first-order valence-corrected chi connectivity index (χ1v) is 9.95. The molecule has 1 N–H and O–H groups in total. The van der Waals surface area contributed by atoms with Crippen molar-refractivity contribution in [3.63, 3.8) is 0 Å². The second kappa shape index (κ2) is 9.01. The van der Waals surface area contributed by atoms with Gasteiger partial charge in [-0.1, -0.05) is 49.4 Å². The van der Waals surface area contributed by atoms with E-state index < -0.39 is 12.0 Å². The zero-order valence-electron chi connectivity index (χ0n) is 16.8. The summed E-state index contributed by atoms with van der Waals surface area (Å²) in [4.78, 5) is 27.2. The number of thiocarbonyl (C=S) groups is 1. The minimum Gasteiger partial charge on any atom is -0.465 e. The summed E-state index contributed by atoms with van der Waals surface area (Å²) in [6.07, 6.45) is 0.907. The van der Waals surface area contributed by atoms with Crippen LogP contribution in [0.25, 0.3) is 0 Å². The number of hydrogen-bond donors (Lipinski definition) is 1. The van der Waals surface area contributed by atoms with E-state index in [0.29, 0.717) is 21.8 Å². The number of nitrogens with zero attached hydrogens (tertiary/aromatic N) is 1. The fraction of sp³-hybridized carbons (Fsp3) is 0.261. The van der Waals surface area contributed by atoms with Crippen LogP contribution in [-0.4, -0.2) is 35.4 Å². The molecule has 3 rings (SSSR count). The van der Waals surface area contributed by atoms with Crippen molar-refractivity contribution < 1.29 is 14.3 Å². The predicted molar refractivity (Wildman–Crippen MR) is 117 cm³/mol. The summed E-state index contributed by atoms with van der Waals surface area (Å²) >= 11 is 5.58. The van der Waals surface area contributed by atoms with Crippen LogP contribution in [0.1, 0.15) is 52.6 Å². The summed E-state index contributed by atoms with van der Waals surface area (Å²) in [5.74, 6) is -0.439. The third-order valence-electron chi connectivity index (χ3n) is 4.99. The number of esters is 1. The van der Waals surface area contributed by atoms with Gasteiger partial charge >= 0.3 is 5.97 Å². The molecule has 0 spiro atoms. The molecule has 5 nitrogen and oxygen atoms in total. The van der Waals surface area contributed by atoms with E-state index >= 15 is 0 Å². The quantitative estimate of drug-likeness (QED) is 0.438. The minimum absolute atomic E-state index is 0.0405. The van der Waals surface area contributed by atoms with Crippen molar-refractivity contribution in [1.29, 1.82) is 0 Å². The van der Waals surface area contributed by atoms with Gasteiger partial charge in [-0.15, -0.1) is 0 Å². The average molecular weight is 409 g/mol.